The van der Waals surface area contributed by atoms with E-state index < -0.39 is 0 Å². The summed E-state index contributed by atoms with van der Waals surface area (Å²) < 4.78 is 4.36. The zero-order valence-corrected chi connectivity index (χ0v) is 31.8. The largest absolute Gasteiger partial charge is 0.309 e. The van der Waals surface area contributed by atoms with Crippen molar-refractivity contribution in [3.05, 3.63) is 227 Å². The molecule has 0 unspecified atom stereocenters. The van der Waals surface area contributed by atoms with E-state index in [1.165, 1.54) is 66.3 Å². The summed E-state index contributed by atoms with van der Waals surface area (Å²) >= 11 is 0. The predicted octanol–water partition coefficient (Wildman–Crippen LogP) is 13.3. The van der Waals surface area contributed by atoms with E-state index in [0.29, 0.717) is 0 Å². The van der Waals surface area contributed by atoms with Crippen LogP contribution < -0.4 is 5.56 Å². The minimum atomic E-state index is -0.387. The van der Waals surface area contributed by atoms with Gasteiger partial charge in [-0.3, -0.25) is 9.20 Å². The molecule has 0 saturated carbocycles. The fraction of sp³-hybridized carbons (Fsp3) is 0.0179. The Morgan fingerprint density at radius 1 is 0.373 bits per heavy atom. The Balaban J connectivity index is 0.965. The molecule has 12 aromatic rings. The number of hydrogen-bond acceptors (Lipinski definition) is 1. The van der Waals surface area contributed by atoms with Crippen molar-refractivity contribution < 1.29 is 0 Å². The molecule has 0 saturated heterocycles. The third-order valence-electron chi connectivity index (χ3n) is 13.7. The Bertz CT molecular complexity index is 3820. The molecule has 3 heteroatoms. The summed E-state index contributed by atoms with van der Waals surface area (Å²) in [6.07, 6.45) is 0. The number of rotatable bonds is 2. The van der Waals surface area contributed by atoms with Crippen molar-refractivity contribution >= 4 is 59.8 Å². The number of benzene rings is 9. The third-order valence-corrected chi connectivity index (χ3v) is 13.7. The lowest BCUT2D eigenvalue weighted by Crippen LogP contribution is -2.25. The van der Waals surface area contributed by atoms with E-state index in [-0.39, 0.29) is 11.0 Å². The lowest BCUT2D eigenvalue weighted by atomic mass is 9.70. The lowest BCUT2D eigenvalue weighted by molar-refractivity contribution is 0.794. The van der Waals surface area contributed by atoms with Crippen LogP contribution >= 0.6 is 0 Å². The highest BCUT2D eigenvalue weighted by molar-refractivity contribution is 6.21. The third kappa shape index (κ3) is 3.72. The molecule has 14 rings (SSSR count). The van der Waals surface area contributed by atoms with Gasteiger partial charge in [0.1, 0.15) is 0 Å². The first-order chi connectivity index (χ1) is 29.2. The van der Waals surface area contributed by atoms with Crippen LogP contribution in [0.1, 0.15) is 22.3 Å². The number of aromatic nitrogens is 2. The van der Waals surface area contributed by atoms with Crippen LogP contribution in [0.3, 0.4) is 0 Å². The second-order valence-corrected chi connectivity index (χ2v) is 16.3. The molecular formula is C56H32N2O. The molecular weight excluding hydrogens is 717 g/mol. The molecule has 3 nitrogen and oxygen atoms in total. The van der Waals surface area contributed by atoms with Crippen molar-refractivity contribution in [1.29, 1.82) is 0 Å². The van der Waals surface area contributed by atoms with Crippen LogP contribution in [0, 0.1) is 0 Å². The smallest absolute Gasteiger partial charge is 0.263 e. The van der Waals surface area contributed by atoms with Crippen LogP contribution in [0.2, 0.25) is 0 Å². The van der Waals surface area contributed by atoms with E-state index >= 15 is 0 Å². The van der Waals surface area contributed by atoms with Gasteiger partial charge in [0.2, 0.25) is 0 Å². The SMILES string of the molecule is O=c1c2ccccc2c2cccc3c4cc(-c5ccc(-n6c7ccccc7c7c8c(ccc76)C6(c7ccccc7-c7ccccc76)c6ccccc6-8)cc5)ccc4n1c23. The molecule has 2 aliphatic carbocycles. The fourth-order valence-corrected chi connectivity index (χ4v) is 11.4. The van der Waals surface area contributed by atoms with Crippen LogP contribution in [-0.2, 0) is 5.41 Å². The van der Waals surface area contributed by atoms with Crippen molar-refractivity contribution in [1.82, 2.24) is 8.97 Å². The van der Waals surface area contributed by atoms with E-state index in [9.17, 15) is 4.79 Å². The molecule has 0 bridgehead atoms. The summed E-state index contributed by atoms with van der Waals surface area (Å²) in [5.74, 6) is 0. The van der Waals surface area contributed by atoms with Crippen molar-refractivity contribution in [2.75, 3.05) is 0 Å². The van der Waals surface area contributed by atoms with E-state index in [2.05, 4.69) is 180 Å². The first-order valence-corrected chi connectivity index (χ1v) is 20.4. The van der Waals surface area contributed by atoms with Crippen molar-refractivity contribution in [2.45, 2.75) is 5.41 Å². The Morgan fingerprint density at radius 3 is 1.68 bits per heavy atom. The van der Waals surface area contributed by atoms with E-state index in [4.69, 9.17) is 0 Å². The van der Waals surface area contributed by atoms with Gasteiger partial charge in [0, 0.05) is 38.0 Å². The van der Waals surface area contributed by atoms with Gasteiger partial charge in [0.05, 0.1) is 27.5 Å². The second-order valence-electron chi connectivity index (χ2n) is 16.3. The van der Waals surface area contributed by atoms with Crippen molar-refractivity contribution in [2.24, 2.45) is 0 Å². The van der Waals surface area contributed by atoms with E-state index in [1.54, 1.807) is 0 Å². The first kappa shape index (κ1) is 31.3. The molecule has 0 N–H and O–H groups in total. The highest BCUT2D eigenvalue weighted by Gasteiger charge is 2.52. The molecule has 272 valence electrons. The molecule has 1 spiro atoms. The summed E-state index contributed by atoms with van der Waals surface area (Å²) in [6.45, 7) is 0. The molecule has 9 aromatic carbocycles. The van der Waals surface area contributed by atoms with Gasteiger partial charge in [0.25, 0.3) is 5.56 Å². The highest BCUT2D eigenvalue weighted by Crippen LogP contribution is 2.64. The predicted molar refractivity (Wildman–Crippen MR) is 243 cm³/mol. The minimum absolute atomic E-state index is 0.0322. The fourth-order valence-electron chi connectivity index (χ4n) is 11.4. The average Bonchev–Trinajstić information content (AvgIpc) is 4.01. The van der Waals surface area contributed by atoms with Gasteiger partial charge in [-0.05, 0) is 103 Å². The minimum Gasteiger partial charge on any atom is -0.309 e. The second kappa shape index (κ2) is 11.0. The molecule has 3 aromatic heterocycles. The van der Waals surface area contributed by atoms with Crippen LogP contribution in [0.25, 0.3) is 98.8 Å². The first-order valence-electron chi connectivity index (χ1n) is 20.4. The summed E-state index contributed by atoms with van der Waals surface area (Å²) in [4.78, 5) is 13.9. The molecule has 0 radical (unpaired) electrons. The highest BCUT2D eigenvalue weighted by atomic mass is 16.1. The summed E-state index contributed by atoms with van der Waals surface area (Å²) in [6, 6.07) is 70.7. The van der Waals surface area contributed by atoms with Gasteiger partial charge < -0.3 is 4.57 Å². The molecule has 2 aliphatic rings. The molecule has 59 heavy (non-hydrogen) atoms. The zero-order chi connectivity index (χ0) is 38.6. The molecule has 0 fully saturated rings. The van der Waals surface area contributed by atoms with Crippen molar-refractivity contribution in [3.8, 4) is 39.1 Å². The molecule has 3 heterocycles. The Hall–Kier alpha value is -7.75. The standard InChI is InChI=1S/C56H32N2O/c59-55-41-15-2-1-12-36(41)39-18-11-19-40-44-32-34(26-30-50(44)58(55)54(39)40)33-24-27-35(28-25-33)57-49-23-10-6-17-43(49)53-51(57)31-29-48-52(53)42-16-5-9-22-47(42)56(48)45-20-7-3-13-37(45)38-14-4-8-21-46(38)56/h1-32H. The van der Waals surface area contributed by atoms with Crippen LogP contribution in [0.4, 0.5) is 0 Å². The Kier molecular flexibility index (Phi) is 5.85. The van der Waals surface area contributed by atoms with Gasteiger partial charge in [-0.2, -0.15) is 0 Å². The quantitative estimate of drug-likeness (QED) is 0.162. The number of pyridine rings is 1. The van der Waals surface area contributed by atoms with Crippen LogP contribution in [0.5, 0.6) is 0 Å². The van der Waals surface area contributed by atoms with E-state index in [1.807, 2.05) is 22.6 Å². The van der Waals surface area contributed by atoms with Crippen molar-refractivity contribution in [3.63, 3.8) is 0 Å². The van der Waals surface area contributed by atoms with E-state index in [0.717, 1.165) is 54.8 Å². The zero-order valence-electron chi connectivity index (χ0n) is 31.8. The maximum atomic E-state index is 13.9. The summed E-state index contributed by atoms with van der Waals surface area (Å²) in [5, 5.41) is 7.60. The average molecular weight is 749 g/mol. The number of fused-ring (bicyclic) bond motifs is 19. The normalized spacial score (nSPS) is 13.6. The number of hydrogen-bond donors (Lipinski definition) is 0. The van der Waals surface area contributed by atoms with Gasteiger partial charge in [-0.15, -0.1) is 0 Å². The van der Waals surface area contributed by atoms with Crippen LogP contribution in [-0.4, -0.2) is 8.97 Å². The Morgan fingerprint density at radius 2 is 0.932 bits per heavy atom. The lowest BCUT2D eigenvalue weighted by Gasteiger charge is -2.30. The van der Waals surface area contributed by atoms with Crippen LogP contribution in [0.15, 0.2) is 199 Å². The number of para-hydroxylation sites is 2. The number of nitrogens with zero attached hydrogens (tertiary/aromatic N) is 2. The summed E-state index contributed by atoms with van der Waals surface area (Å²) in [7, 11) is 0. The van der Waals surface area contributed by atoms with Gasteiger partial charge >= 0.3 is 0 Å². The Labute approximate surface area is 338 Å². The van der Waals surface area contributed by atoms with Gasteiger partial charge in [-0.1, -0.05) is 152 Å². The molecule has 0 amide bonds. The molecule has 0 aliphatic heterocycles. The summed E-state index contributed by atoms with van der Waals surface area (Å²) in [5.41, 5.74) is 18.1. The topological polar surface area (TPSA) is 26.4 Å². The maximum Gasteiger partial charge on any atom is 0.263 e. The van der Waals surface area contributed by atoms with Gasteiger partial charge in [0.15, 0.2) is 0 Å². The monoisotopic (exact) mass is 748 g/mol. The maximum absolute atomic E-state index is 13.9. The van der Waals surface area contributed by atoms with Gasteiger partial charge in [-0.25, -0.2) is 0 Å². The molecule has 0 atom stereocenters.